The van der Waals surface area contributed by atoms with Crippen LogP contribution < -0.4 is 5.32 Å². The molecule has 1 atom stereocenters. The van der Waals surface area contributed by atoms with Gasteiger partial charge in [0.05, 0.1) is 5.92 Å². The molecule has 26 heavy (non-hydrogen) atoms. The second-order valence-corrected chi connectivity index (χ2v) is 7.05. The summed E-state index contributed by atoms with van der Waals surface area (Å²) in [4.78, 5) is 27.4. The Kier molecular flexibility index (Phi) is 5.13. The van der Waals surface area contributed by atoms with Gasteiger partial charge in [-0.3, -0.25) is 9.59 Å². The quantitative estimate of drug-likeness (QED) is 0.544. The van der Waals surface area contributed by atoms with Gasteiger partial charge in [0.15, 0.2) is 0 Å². The van der Waals surface area contributed by atoms with Gasteiger partial charge in [0, 0.05) is 32.8 Å². The smallest absolute Gasteiger partial charge is 0.311 e. The zero-order chi connectivity index (χ0) is 18.8. The van der Waals surface area contributed by atoms with Crippen molar-refractivity contribution in [2.24, 2.45) is 0 Å². The van der Waals surface area contributed by atoms with Crippen molar-refractivity contribution in [1.82, 2.24) is 4.98 Å². The number of amides is 1. The molecule has 5 nitrogen and oxygen atoms in total. The summed E-state index contributed by atoms with van der Waals surface area (Å²) in [6, 6.07) is 10.6. The van der Waals surface area contributed by atoms with Gasteiger partial charge in [-0.2, -0.15) is 0 Å². The molecule has 3 aromatic rings. The Morgan fingerprint density at radius 2 is 2.00 bits per heavy atom. The lowest BCUT2D eigenvalue weighted by molar-refractivity contribution is -0.138. The lowest BCUT2D eigenvalue weighted by atomic mass is 9.95. The van der Waals surface area contributed by atoms with E-state index in [1.807, 2.05) is 20.0 Å². The highest BCUT2D eigenvalue weighted by molar-refractivity contribution is 9.10. The normalized spacial score (nSPS) is 12.1. The second kappa shape index (κ2) is 7.33. The molecule has 2 aromatic carbocycles. The van der Waals surface area contributed by atoms with Gasteiger partial charge in [0.25, 0.3) is 5.91 Å². The van der Waals surface area contributed by atoms with Gasteiger partial charge in [-0.05, 0) is 42.7 Å². The molecule has 0 aliphatic rings. The number of hydrogen-bond donors (Lipinski definition) is 3. The third-order valence-corrected chi connectivity index (χ3v) is 5.11. The van der Waals surface area contributed by atoms with Gasteiger partial charge in [0.1, 0.15) is 0 Å². The Hall–Kier alpha value is -2.60. The molecule has 1 unspecified atom stereocenters. The number of carbonyl (C=O) groups excluding carboxylic acids is 1. The highest BCUT2D eigenvalue weighted by Crippen LogP contribution is 2.30. The number of benzene rings is 2. The standard InChI is InChI=1S/C20H19BrN2O3/c1-3-13(20(25)26)14-6-4-5-7-16(14)23-19(24)12-8-15(21)18-11(2)10-22-17(18)9-12/h4-10,13,22H,3H2,1-2H3,(H,23,24)(H,25,26). The van der Waals surface area contributed by atoms with Gasteiger partial charge >= 0.3 is 5.97 Å². The van der Waals surface area contributed by atoms with E-state index in [4.69, 9.17) is 0 Å². The molecule has 1 aromatic heterocycles. The van der Waals surface area contributed by atoms with Crippen LogP contribution in [-0.2, 0) is 4.79 Å². The molecule has 0 saturated carbocycles. The lowest BCUT2D eigenvalue weighted by Gasteiger charge is -2.16. The van der Waals surface area contributed by atoms with Crippen LogP contribution >= 0.6 is 15.9 Å². The van der Waals surface area contributed by atoms with E-state index in [-0.39, 0.29) is 5.91 Å². The Labute approximate surface area is 159 Å². The summed E-state index contributed by atoms with van der Waals surface area (Å²) in [5, 5.41) is 13.3. The van der Waals surface area contributed by atoms with Crippen LogP contribution in [0, 0.1) is 6.92 Å². The van der Waals surface area contributed by atoms with E-state index < -0.39 is 11.9 Å². The van der Waals surface area contributed by atoms with Crippen molar-refractivity contribution in [3.05, 3.63) is 63.8 Å². The summed E-state index contributed by atoms with van der Waals surface area (Å²) < 4.78 is 0.837. The number of aromatic amines is 1. The predicted molar refractivity (Wildman–Crippen MR) is 106 cm³/mol. The first-order valence-electron chi connectivity index (χ1n) is 8.32. The summed E-state index contributed by atoms with van der Waals surface area (Å²) in [5.41, 5.74) is 3.57. The summed E-state index contributed by atoms with van der Waals surface area (Å²) in [5.74, 6) is -1.85. The summed E-state index contributed by atoms with van der Waals surface area (Å²) in [7, 11) is 0. The number of aryl methyl sites for hydroxylation is 1. The molecule has 3 N–H and O–H groups in total. The molecule has 134 valence electrons. The molecular formula is C20H19BrN2O3. The fourth-order valence-electron chi connectivity index (χ4n) is 3.15. The van der Waals surface area contributed by atoms with Crippen LogP contribution in [0.3, 0.4) is 0 Å². The minimum atomic E-state index is -0.903. The second-order valence-electron chi connectivity index (χ2n) is 6.19. The average molecular weight is 415 g/mol. The van der Waals surface area contributed by atoms with Gasteiger partial charge in [-0.25, -0.2) is 0 Å². The minimum Gasteiger partial charge on any atom is -0.481 e. The number of anilines is 1. The zero-order valence-electron chi connectivity index (χ0n) is 14.5. The van der Waals surface area contributed by atoms with Gasteiger partial charge < -0.3 is 15.4 Å². The van der Waals surface area contributed by atoms with Gasteiger partial charge in [-0.1, -0.05) is 41.1 Å². The van der Waals surface area contributed by atoms with E-state index in [0.29, 0.717) is 23.2 Å². The molecular weight excluding hydrogens is 396 g/mol. The van der Waals surface area contributed by atoms with Crippen LogP contribution in [0.5, 0.6) is 0 Å². The monoisotopic (exact) mass is 414 g/mol. The van der Waals surface area contributed by atoms with Crippen LogP contribution in [-0.4, -0.2) is 22.0 Å². The van der Waals surface area contributed by atoms with Crippen molar-refractivity contribution >= 4 is 44.4 Å². The third-order valence-electron chi connectivity index (χ3n) is 4.48. The molecule has 0 bridgehead atoms. The summed E-state index contributed by atoms with van der Waals surface area (Å²) in [6.45, 7) is 3.81. The maximum absolute atomic E-state index is 12.8. The topological polar surface area (TPSA) is 82.2 Å². The van der Waals surface area contributed by atoms with Crippen LogP contribution in [0.1, 0.15) is 40.7 Å². The molecule has 0 saturated heterocycles. The number of carbonyl (C=O) groups is 2. The van der Waals surface area contributed by atoms with Crippen molar-refractivity contribution < 1.29 is 14.7 Å². The molecule has 1 amide bonds. The molecule has 0 spiro atoms. The predicted octanol–water partition coefficient (Wildman–Crippen LogP) is 5.07. The number of H-pyrrole nitrogens is 1. The third kappa shape index (κ3) is 3.37. The zero-order valence-corrected chi connectivity index (χ0v) is 16.1. The Morgan fingerprint density at radius 1 is 1.27 bits per heavy atom. The first-order chi connectivity index (χ1) is 12.4. The number of aliphatic carboxylic acids is 1. The van der Waals surface area contributed by atoms with Crippen LogP contribution in [0.2, 0.25) is 0 Å². The van der Waals surface area contributed by atoms with Crippen LogP contribution in [0.15, 0.2) is 47.1 Å². The fraction of sp³-hybridized carbons (Fsp3) is 0.200. The number of para-hydroxylation sites is 1. The van der Waals surface area contributed by atoms with Gasteiger partial charge in [0.2, 0.25) is 0 Å². The summed E-state index contributed by atoms with van der Waals surface area (Å²) in [6.07, 6.45) is 2.34. The van der Waals surface area contributed by atoms with E-state index in [1.165, 1.54) is 0 Å². The van der Waals surface area contributed by atoms with E-state index in [9.17, 15) is 14.7 Å². The molecule has 3 rings (SSSR count). The highest BCUT2D eigenvalue weighted by Gasteiger charge is 2.22. The van der Waals surface area contributed by atoms with Crippen molar-refractivity contribution in [1.29, 1.82) is 0 Å². The summed E-state index contributed by atoms with van der Waals surface area (Å²) >= 11 is 3.52. The first-order valence-corrected chi connectivity index (χ1v) is 9.12. The number of carboxylic acid groups (broad SMARTS) is 1. The fourth-order valence-corrected chi connectivity index (χ4v) is 3.92. The maximum Gasteiger partial charge on any atom is 0.311 e. The Balaban J connectivity index is 1.95. The Morgan fingerprint density at radius 3 is 2.69 bits per heavy atom. The Bertz CT molecular complexity index is 994. The van der Waals surface area contributed by atoms with Crippen LogP contribution in [0.4, 0.5) is 5.69 Å². The minimum absolute atomic E-state index is 0.285. The SMILES string of the molecule is CCC(C(=O)O)c1ccccc1NC(=O)c1cc(Br)c2c(C)c[nH]c2c1. The molecule has 0 aliphatic heterocycles. The highest BCUT2D eigenvalue weighted by atomic mass is 79.9. The van der Waals surface area contributed by atoms with Crippen molar-refractivity contribution in [2.45, 2.75) is 26.2 Å². The van der Waals surface area contributed by atoms with Crippen molar-refractivity contribution in [3.8, 4) is 0 Å². The average Bonchev–Trinajstić information content (AvgIpc) is 2.98. The molecule has 0 aliphatic carbocycles. The maximum atomic E-state index is 12.8. The molecule has 0 fully saturated rings. The van der Waals surface area contributed by atoms with Gasteiger partial charge in [-0.15, -0.1) is 0 Å². The first kappa shape index (κ1) is 18.2. The number of nitrogens with one attached hydrogen (secondary N) is 2. The molecule has 1 heterocycles. The van der Waals surface area contributed by atoms with E-state index in [1.54, 1.807) is 36.4 Å². The number of rotatable bonds is 5. The number of carboxylic acids is 1. The van der Waals surface area contributed by atoms with E-state index in [0.717, 1.165) is 20.9 Å². The number of hydrogen-bond acceptors (Lipinski definition) is 2. The van der Waals surface area contributed by atoms with Crippen LogP contribution in [0.25, 0.3) is 10.9 Å². The number of halogens is 1. The van der Waals surface area contributed by atoms with E-state index in [2.05, 4.69) is 26.2 Å². The largest absolute Gasteiger partial charge is 0.481 e. The van der Waals surface area contributed by atoms with Crippen molar-refractivity contribution in [3.63, 3.8) is 0 Å². The van der Waals surface area contributed by atoms with E-state index >= 15 is 0 Å². The number of aromatic nitrogens is 1. The molecule has 6 heteroatoms. The lowest BCUT2D eigenvalue weighted by Crippen LogP contribution is -2.17. The number of fused-ring (bicyclic) bond motifs is 1. The van der Waals surface area contributed by atoms with Crippen molar-refractivity contribution in [2.75, 3.05) is 5.32 Å². The molecule has 0 radical (unpaired) electrons.